The molecular weight excluding hydrogens is 384 g/mol. The largest absolute Gasteiger partial charge is 0.387 e. The highest BCUT2D eigenvalue weighted by Gasteiger charge is 2.23. The number of hydrogen-bond donors (Lipinski definition) is 2. The second-order valence-electron chi connectivity index (χ2n) is 7.25. The van der Waals surface area contributed by atoms with Crippen LogP contribution in [-0.4, -0.2) is 33.5 Å². The topological polar surface area (TPSA) is 74.3 Å². The first kappa shape index (κ1) is 19.8. The molecule has 3 rings (SSSR count). The number of aromatic nitrogens is 1. The van der Waals surface area contributed by atoms with Gasteiger partial charge in [0.2, 0.25) is 0 Å². The fraction of sp³-hybridized carbons (Fsp3) is 0.421. The average Bonchev–Trinajstić information content (AvgIpc) is 2.61. The summed E-state index contributed by atoms with van der Waals surface area (Å²) in [4.78, 5) is 6.82. The molecule has 1 aliphatic rings. The van der Waals surface area contributed by atoms with Crippen LogP contribution in [0.1, 0.15) is 20.3 Å². The molecule has 1 aromatic carbocycles. The van der Waals surface area contributed by atoms with Crippen molar-refractivity contribution >= 4 is 38.8 Å². The maximum atomic E-state index is 12.6. The lowest BCUT2D eigenvalue weighted by atomic mass is 9.92. The summed E-state index contributed by atoms with van der Waals surface area (Å²) in [6.07, 6.45) is 2.78. The third-order valence-electron chi connectivity index (χ3n) is 4.71. The molecule has 2 aromatic rings. The minimum atomic E-state index is -3.73. The van der Waals surface area contributed by atoms with E-state index in [0.717, 1.165) is 18.9 Å². The zero-order chi connectivity index (χ0) is 19.6. The van der Waals surface area contributed by atoms with E-state index in [-0.39, 0.29) is 4.90 Å². The van der Waals surface area contributed by atoms with Crippen LogP contribution in [-0.2, 0) is 10.0 Å². The molecular formula is C19H25ClN4O2S. The molecule has 1 aromatic heterocycles. The van der Waals surface area contributed by atoms with Crippen molar-refractivity contribution in [2.75, 3.05) is 35.1 Å². The van der Waals surface area contributed by atoms with Gasteiger partial charge in [-0.1, -0.05) is 25.4 Å². The standard InChI is InChI=1S/C19H25ClN4O2S/c1-13-8-14(2)12-24(11-13)19-7-4-15(10-22-19)23-27(25,26)16-5-6-18(21-3)17(20)9-16/h4-7,9-10,13-14,21,23H,8,11-12H2,1-3H3/t13-,14-/m1/s1. The minimum absolute atomic E-state index is 0.106. The van der Waals surface area contributed by atoms with Gasteiger partial charge in [0.1, 0.15) is 5.82 Å². The van der Waals surface area contributed by atoms with E-state index in [4.69, 9.17) is 11.6 Å². The zero-order valence-corrected chi connectivity index (χ0v) is 17.3. The molecule has 8 heteroatoms. The first-order valence-corrected chi connectivity index (χ1v) is 10.9. The van der Waals surface area contributed by atoms with Crippen molar-refractivity contribution in [1.29, 1.82) is 0 Å². The number of sulfonamides is 1. The minimum Gasteiger partial charge on any atom is -0.387 e. The Bertz CT molecular complexity index is 892. The summed E-state index contributed by atoms with van der Waals surface area (Å²) in [7, 11) is -2.01. The van der Waals surface area contributed by atoms with Gasteiger partial charge in [-0.3, -0.25) is 4.72 Å². The fourth-order valence-corrected chi connectivity index (χ4v) is 4.97. The molecule has 2 atom stereocenters. The second-order valence-corrected chi connectivity index (χ2v) is 9.34. The summed E-state index contributed by atoms with van der Waals surface area (Å²) >= 11 is 6.10. The van der Waals surface area contributed by atoms with Crippen LogP contribution < -0.4 is 14.9 Å². The van der Waals surface area contributed by atoms with E-state index >= 15 is 0 Å². The van der Waals surface area contributed by atoms with E-state index in [2.05, 4.69) is 33.8 Å². The van der Waals surface area contributed by atoms with Crippen LogP contribution in [0.25, 0.3) is 0 Å². The van der Waals surface area contributed by atoms with Gasteiger partial charge in [-0.15, -0.1) is 0 Å². The summed E-state index contributed by atoms with van der Waals surface area (Å²) in [6, 6.07) is 8.18. The lowest BCUT2D eigenvalue weighted by Gasteiger charge is -2.35. The smallest absolute Gasteiger partial charge is 0.261 e. The molecule has 146 valence electrons. The molecule has 0 saturated carbocycles. The van der Waals surface area contributed by atoms with Crippen LogP contribution in [0.2, 0.25) is 5.02 Å². The maximum absolute atomic E-state index is 12.6. The van der Waals surface area contributed by atoms with Crippen LogP contribution in [0.5, 0.6) is 0 Å². The van der Waals surface area contributed by atoms with Gasteiger partial charge in [0, 0.05) is 20.1 Å². The average molecular weight is 409 g/mol. The quantitative estimate of drug-likeness (QED) is 0.780. The highest BCUT2D eigenvalue weighted by molar-refractivity contribution is 7.92. The van der Waals surface area contributed by atoms with Crippen molar-refractivity contribution < 1.29 is 8.42 Å². The molecule has 1 fully saturated rings. The van der Waals surface area contributed by atoms with Crippen molar-refractivity contribution in [2.24, 2.45) is 11.8 Å². The highest BCUT2D eigenvalue weighted by atomic mass is 35.5. The predicted molar refractivity (Wildman–Crippen MR) is 111 cm³/mol. The Kier molecular flexibility index (Phi) is 5.81. The zero-order valence-electron chi connectivity index (χ0n) is 15.7. The van der Waals surface area contributed by atoms with E-state index in [1.54, 1.807) is 25.4 Å². The molecule has 2 N–H and O–H groups in total. The van der Waals surface area contributed by atoms with Crippen molar-refractivity contribution in [3.63, 3.8) is 0 Å². The number of rotatable bonds is 5. The van der Waals surface area contributed by atoms with Crippen molar-refractivity contribution in [3.8, 4) is 0 Å². The molecule has 0 amide bonds. The lowest BCUT2D eigenvalue weighted by Crippen LogP contribution is -2.39. The summed E-state index contributed by atoms with van der Waals surface area (Å²) < 4.78 is 27.8. The van der Waals surface area contributed by atoms with Gasteiger partial charge >= 0.3 is 0 Å². The Morgan fingerprint density at radius 1 is 1.15 bits per heavy atom. The first-order valence-electron chi connectivity index (χ1n) is 8.99. The third kappa shape index (κ3) is 4.65. The predicted octanol–water partition coefficient (Wildman–Crippen LogP) is 4.06. The Labute approximate surface area is 166 Å². The van der Waals surface area contributed by atoms with Gasteiger partial charge in [0.05, 0.1) is 27.5 Å². The number of nitrogens with zero attached hydrogens (tertiary/aromatic N) is 2. The van der Waals surface area contributed by atoms with E-state index in [1.165, 1.54) is 18.6 Å². The molecule has 1 saturated heterocycles. The van der Waals surface area contributed by atoms with Gasteiger partial charge in [-0.25, -0.2) is 13.4 Å². The lowest BCUT2D eigenvalue weighted by molar-refractivity contribution is 0.355. The maximum Gasteiger partial charge on any atom is 0.261 e. The Morgan fingerprint density at radius 2 is 1.85 bits per heavy atom. The Balaban J connectivity index is 1.75. The van der Waals surface area contributed by atoms with Crippen molar-refractivity contribution in [1.82, 2.24) is 4.98 Å². The van der Waals surface area contributed by atoms with Crippen LogP contribution in [0.3, 0.4) is 0 Å². The molecule has 27 heavy (non-hydrogen) atoms. The molecule has 0 unspecified atom stereocenters. The molecule has 1 aliphatic heterocycles. The van der Waals surface area contributed by atoms with Crippen molar-refractivity contribution in [3.05, 3.63) is 41.6 Å². The molecule has 0 spiro atoms. The molecule has 0 aliphatic carbocycles. The van der Waals surface area contributed by atoms with Gasteiger partial charge in [0.25, 0.3) is 10.0 Å². The number of piperidine rings is 1. The number of pyridine rings is 1. The van der Waals surface area contributed by atoms with Crippen LogP contribution in [0.4, 0.5) is 17.2 Å². The highest BCUT2D eigenvalue weighted by Crippen LogP contribution is 2.27. The number of halogens is 1. The van der Waals surface area contributed by atoms with E-state index in [9.17, 15) is 8.42 Å². The fourth-order valence-electron chi connectivity index (χ4n) is 3.56. The molecule has 0 radical (unpaired) electrons. The molecule has 0 bridgehead atoms. The monoisotopic (exact) mass is 408 g/mol. The van der Waals surface area contributed by atoms with Crippen molar-refractivity contribution in [2.45, 2.75) is 25.2 Å². The van der Waals surface area contributed by atoms with Gasteiger partial charge in [-0.05, 0) is 48.6 Å². The van der Waals surface area contributed by atoms with Crippen LogP contribution in [0.15, 0.2) is 41.4 Å². The normalized spacial score (nSPS) is 20.4. The third-order valence-corrected chi connectivity index (χ3v) is 6.40. The molecule has 2 heterocycles. The van der Waals surface area contributed by atoms with Gasteiger partial charge < -0.3 is 10.2 Å². The summed E-state index contributed by atoms with van der Waals surface area (Å²) in [5.74, 6) is 2.12. The van der Waals surface area contributed by atoms with E-state index in [0.29, 0.717) is 28.2 Å². The Hall–Kier alpha value is -1.99. The number of benzene rings is 1. The van der Waals surface area contributed by atoms with Crippen LogP contribution >= 0.6 is 11.6 Å². The molecule has 6 nitrogen and oxygen atoms in total. The number of anilines is 3. The summed E-state index contributed by atoms with van der Waals surface area (Å²) in [6.45, 7) is 6.43. The number of nitrogens with one attached hydrogen (secondary N) is 2. The van der Waals surface area contributed by atoms with Gasteiger partial charge in [0.15, 0.2) is 0 Å². The van der Waals surface area contributed by atoms with E-state index in [1.807, 2.05) is 6.07 Å². The van der Waals surface area contributed by atoms with Crippen LogP contribution in [0, 0.1) is 11.8 Å². The first-order chi connectivity index (χ1) is 12.8. The van der Waals surface area contributed by atoms with E-state index < -0.39 is 10.0 Å². The number of hydrogen-bond acceptors (Lipinski definition) is 5. The SMILES string of the molecule is CNc1ccc(S(=O)(=O)Nc2ccc(N3C[C@H](C)C[C@@H](C)C3)nc2)cc1Cl. The second kappa shape index (κ2) is 7.94. The van der Waals surface area contributed by atoms with Gasteiger partial charge in [-0.2, -0.15) is 0 Å². The summed E-state index contributed by atoms with van der Waals surface area (Å²) in [5.41, 5.74) is 1.09. The summed E-state index contributed by atoms with van der Waals surface area (Å²) in [5, 5.41) is 3.25. The Morgan fingerprint density at radius 3 is 2.41 bits per heavy atom.